The molecule has 4 amide bonds. The summed E-state index contributed by atoms with van der Waals surface area (Å²) in [6, 6.07) is 2.40. The lowest BCUT2D eigenvalue weighted by atomic mass is 9.96. The van der Waals surface area contributed by atoms with Gasteiger partial charge in [0.15, 0.2) is 0 Å². The van der Waals surface area contributed by atoms with Gasteiger partial charge in [-0.2, -0.15) is 0 Å². The number of halogens is 1. The third-order valence-corrected chi connectivity index (χ3v) is 17.1. The molecule has 67 heavy (non-hydrogen) atoms. The van der Waals surface area contributed by atoms with Crippen LogP contribution in [0.2, 0.25) is 5.02 Å². The Kier molecular flexibility index (Phi) is 13.5. The van der Waals surface area contributed by atoms with E-state index in [-0.39, 0.29) is 42.3 Å². The maximum absolute atomic E-state index is 15.0. The van der Waals surface area contributed by atoms with E-state index >= 15 is 4.79 Å². The normalized spacial score (nSPS) is 26.8. The molecule has 17 nitrogen and oxygen atoms in total. The molecule has 3 saturated heterocycles. The van der Waals surface area contributed by atoms with E-state index in [0.29, 0.717) is 72.3 Å². The molecular formula is C47H60ClN7O10S2. The van der Waals surface area contributed by atoms with Crippen LogP contribution in [0.5, 0.6) is 11.5 Å². The molecule has 0 spiro atoms. The van der Waals surface area contributed by atoms with Crippen molar-refractivity contribution >= 4 is 67.7 Å². The van der Waals surface area contributed by atoms with Crippen LogP contribution in [0.4, 0.5) is 4.79 Å². The number of hydrogen-bond donors (Lipinski definition) is 2. The molecule has 3 aliphatic carbocycles. The Morgan fingerprint density at radius 1 is 1.07 bits per heavy atom. The van der Waals surface area contributed by atoms with Gasteiger partial charge in [0.2, 0.25) is 21.8 Å². The van der Waals surface area contributed by atoms with Crippen molar-refractivity contribution in [1.29, 1.82) is 0 Å². The van der Waals surface area contributed by atoms with E-state index in [1.165, 1.54) is 27.2 Å². The molecule has 20 heteroatoms. The highest BCUT2D eigenvalue weighted by Crippen LogP contribution is 2.47. The average molecular weight is 983 g/mol. The second-order valence-electron chi connectivity index (χ2n) is 19.3. The average Bonchev–Trinajstić information content (AvgIpc) is 4.09. The van der Waals surface area contributed by atoms with Crippen molar-refractivity contribution in [2.45, 2.75) is 126 Å². The zero-order chi connectivity index (χ0) is 47.4. The first-order chi connectivity index (χ1) is 32.1. The maximum atomic E-state index is 15.0. The lowest BCUT2D eigenvalue weighted by molar-refractivity contribution is -0.152. The van der Waals surface area contributed by atoms with Crippen LogP contribution in [0, 0.1) is 11.8 Å². The molecule has 2 aromatic heterocycles. The van der Waals surface area contributed by atoms with Gasteiger partial charge in [-0.3, -0.25) is 28.9 Å². The molecule has 3 saturated carbocycles. The number of aromatic nitrogens is 2. The Morgan fingerprint density at radius 2 is 1.82 bits per heavy atom. The number of rotatable bonds is 16. The topological polar surface area (TPSA) is 199 Å². The highest BCUT2D eigenvalue weighted by atomic mass is 35.5. The predicted molar refractivity (Wildman–Crippen MR) is 251 cm³/mol. The number of carbonyl (C=O) groups is 4. The second kappa shape index (κ2) is 19.1. The van der Waals surface area contributed by atoms with Crippen LogP contribution in [0.25, 0.3) is 21.6 Å². The monoisotopic (exact) mass is 981 g/mol. The first kappa shape index (κ1) is 47.5. The number of pyridine rings is 1. The number of nitrogens with one attached hydrogen (secondary N) is 2. The van der Waals surface area contributed by atoms with E-state index in [9.17, 15) is 22.8 Å². The first-order valence-electron chi connectivity index (χ1n) is 23.6. The number of morpholine rings is 1. The summed E-state index contributed by atoms with van der Waals surface area (Å²) >= 11 is 8.61. The van der Waals surface area contributed by atoms with Crippen LogP contribution in [0.3, 0.4) is 0 Å². The van der Waals surface area contributed by atoms with E-state index in [1.807, 2.05) is 25.3 Å². The van der Waals surface area contributed by atoms with E-state index in [4.69, 9.17) is 40.5 Å². The van der Waals surface area contributed by atoms with Crippen molar-refractivity contribution in [2.75, 3.05) is 46.0 Å². The van der Waals surface area contributed by atoms with Gasteiger partial charge in [-0.05, 0) is 68.9 Å². The molecule has 9 rings (SSSR count). The molecule has 6 atom stereocenters. The number of fused-ring (bicyclic) bond motifs is 2. The van der Waals surface area contributed by atoms with Gasteiger partial charge in [-0.15, -0.1) is 17.9 Å². The first-order valence-corrected chi connectivity index (χ1v) is 26.4. The zero-order valence-electron chi connectivity index (χ0n) is 38.4. The van der Waals surface area contributed by atoms with Gasteiger partial charge < -0.3 is 29.2 Å². The Balaban J connectivity index is 1.07. The number of hydrogen-bond acceptors (Lipinski definition) is 14. The standard InChI is InChI=1S/C47H60ClN7O10S2/c1-6-28-23-47(28,45(58)52-67(60,61)30-11-12-30)51-42(56)34-22-38(35-24-54(41(27(4)5)44(57)55(34)35)46(59)64-29-9-7-8-10-29)65-37-21-32(43-50-33(25-66-43)26(2)3)49-40-31(37)13-14-36(39(40)48)63-20-17-53-15-18-62-19-16-53/h6,13-14,21,25-30,34-35,38,41H,1,7-12,15-20,22-24H2,2-5H3,(H,51,56)(H,52,58)/t28-,34+,35-,38-,41-,47-/m1/s1. The predicted octanol–water partition coefficient (Wildman–Crippen LogP) is 5.65. The summed E-state index contributed by atoms with van der Waals surface area (Å²) in [6.07, 6.45) is 4.16. The van der Waals surface area contributed by atoms with Gasteiger partial charge in [0.25, 0.3) is 5.91 Å². The van der Waals surface area contributed by atoms with Gasteiger partial charge in [0.05, 0.1) is 35.7 Å². The number of amides is 4. The van der Waals surface area contributed by atoms with Gasteiger partial charge >= 0.3 is 6.09 Å². The van der Waals surface area contributed by atoms with Crippen LogP contribution in [-0.2, 0) is 33.9 Å². The summed E-state index contributed by atoms with van der Waals surface area (Å²) in [5.74, 6) is -1.89. The van der Waals surface area contributed by atoms with Crippen molar-refractivity contribution < 1.29 is 46.5 Å². The number of piperazine rings is 1. The van der Waals surface area contributed by atoms with Crippen molar-refractivity contribution in [2.24, 2.45) is 11.8 Å². The summed E-state index contributed by atoms with van der Waals surface area (Å²) in [5, 5.41) is 5.67. The van der Waals surface area contributed by atoms with Crippen LogP contribution >= 0.6 is 22.9 Å². The summed E-state index contributed by atoms with van der Waals surface area (Å²) in [6.45, 7) is 15.7. The summed E-state index contributed by atoms with van der Waals surface area (Å²) in [4.78, 5) is 72.8. The minimum absolute atomic E-state index is 0.00286. The maximum Gasteiger partial charge on any atom is 0.410 e. The lowest BCUT2D eigenvalue weighted by Gasteiger charge is -2.46. The van der Waals surface area contributed by atoms with Crippen molar-refractivity contribution in [1.82, 2.24) is 34.7 Å². The van der Waals surface area contributed by atoms with E-state index < -0.39 is 74.8 Å². The summed E-state index contributed by atoms with van der Waals surface area (Å²) in [5.41, 5.74) is 0.214. The Labute approximate surface area is 400 Å². The Hall–Kier alpha value is -4.56. The highest BCUT2D eigenvalue weighted by Gasteiger charge is 2.63. The largest absolute Gasteiger partial charge is 0.491 e. The van der Waals surface area contributed by atoms with E-state index in [1.54, 1.807) is 12.1 Å². The quantitative estimate of drug-likeness (QED) is 0.167. The van der Waals surface area contributed by atoms with Gasteiger partial charge in [-0.25, -0.2) is 23.2 Å². The molecule has 6 fully saturated rings. The van der Waals surface area contributed by atoms with E-state index in [0.717, 1.165) is 44.5 Å². The molecular weight excluding hydrogens is 922 g/mol. The fraction of sp³-hybridized carbons (Fsp3) is 0.617. The summed E-state index contributed by atoms with van der Waals surface area (Å²) < 4.78 is 52.9. The molecule has 3 aliphatic heterocycles. The molecule has 0 bridgehead atoms. The molecule has 0 unspecified atom stereocenters. The van der Waals surface area contributed by atoms with Crippen LogP contribution in [0.15, 0.2) is 36.2 Å². The van der Waals surface area contributed by atoms with Crippen molar-refractivity contribution in [3.8, 4) is 22.2 Å². The molecule has 6 aliphatic rings. The van der Waals surface area contributed by atoms with Crippen LogP contribution in [0.1, 0.15) is 90.7 Å². The number of ether oxygens (including phenoxy) is 4. The van der Waals surface area contributed by atoms with E-state index in [2.05, 4.69) is 35.4 Å². The lowest BCUT2D eigenvalue weighted by Crippen LogP contribution is -2.67. The van der Waals surface area contributed by atoms with Gasteiger partial charge in [0, 0.05) is 55.4 Å². The summed E-state index contributed by atoms with van der Waals surface area (Å²) in [7, 11) is -3.94. The second-order valence-corrected chi connectivity index (χ2v) is 22.5. The number of thiazole rings is 1. The SMILES string of the molecule is C=C[C@@H]1C[C@]1(NC(=O)[C@@H]1C[C@@H](Oc2cc(-c3nc(C(C)C)cs3)nc3c(Cl)c(OCCN4CCOCC4)ccc23)[C@H]2CN(C(=O)OC3CCCC3)[C@H](C(C)C)C(=O)N21)C(=O)NS(=O)(=O)C1CC1. The van der Waals surface area contributed by atoms with Crippen molar-refractivity contribution in [3.63, 3.8) is 0 Å². The molecule has 2 N–H and O–H groups in total. The van der Waals surface area contributed by atoms with Gasteiger partial charge in [-0.1, -0.05) is 45.4 Å². The number of nitrogens with zero attached hydrogens (tertiary/aromatic N) is 5. The Morgan fingerprint density at radius 3 is 2.48 bits per heavy atom. The molecule has 3 aromatic rings. The number of carbonyl (C=O) groups excluding carboxylic acids is 4. The zero-order valence-corrected chi connectivity index (χ0v) is 40.8. The smallest absolute Gasteiger partial charge is 0.410 e. The van der Waals surface area contributed by atoms with Crippen molar-refractivity contribution in [3.05, 3.63) is 47.0 Å². The van der Waals surface area contributed by atoms with Crippen LogP contribution in [-0.4, -0.2) is 144 Å². The fourth-order valence-corrected chi connectivity index (χ4v) is 12.5. The minimum atomic E-state index is -3.94. The third-order valence-electron chi connectivity index (χ3n) is 14.0. The fourth-order valence-electron chi connectivity index (χ4n) is 9.92. The minimum Gasteiger partial charge on any atom is -0.491 e. The van der Waals surface area contributed by atoms with Crippen LogP contribution < -0.4 is 19.5 Å². The number of sulfonamides is 1. The molecule has 362 valence electrons. The van der Waals surface area contributed by atoms with Gasteiger partial charge in [0.1, 0.15) is 63.7 Å². The third kappa shape index (κ3) is 9.59. The molecule has 5 heterocycles. The highest BCUT2D eigenvalue weighted by molar-refractivity contribution is 7.91. The molecule has 0 radical (unpaired) electrons. The Bertz CT molecular complexity index is 2520. The molecule has 1 aromatic carbocycles. The number of benzene rings is 1.